The predicted octanol–water partition coefficient (Wildman–Crippen LogP) is 1.76. The van der Waals surface area contributed by atoms with Gasteiger partial charge in [-0.05, 0) is 19.9 Å². The first kappa shape index (κ1) is 13.1. The normalized spacial score (nSPS) is 15.3. The summed E-state index contributed by atoms with van der Waals surface area (Å²) in [4.78, 5) is 11.7. The van der Waals surface area contributed by atoms with Crippen molar-refractivity contribution in [2.75, 3.05) is 13.2 Å². The smallest absolute Gasteiger partial charge is 0.315 e. The van der Waals surface area contributed by atoms with Gasteiger partial charge in [0.15, 0.2) is 0 Å². The molecule has 2 amide bonds. The van der Waals surface area contributed by atoms with Crippen LogP contribution in [0.5, 0.6) is 11.5 Å². The molecule has 0 bridgehead atoms. The molecule has 0 radical (unpaired) electrons. The van der Waals surface area contributed by atoms with Gasteiger partial charge in [0.2, 0.25) is 0 Å². The molecule has 0 spiro atoms. The van der Waals surface area contributed by atoms with E-state index in [4.69, 9.17) is 9.47 Å². The Kier molecular flexibility index (Phi) is 3.42. The third-order valence-corrected chi connectivity index (χ3v) is 3.61. The van der Waals surface area contributed by atoms with Crippen molar-refractivity contribution in [2.24, 2.45) is 0 Å². The molecule has 0 saturated carbocycles. The van der Waals surface area contributed by atoms with E-state index >= 15 is 0 Å². The number of amides is 2. The number of benzene rings is 1. The molecule has 2 aliphatic rings. The average Bonchev–Trinajstić information content (AvgIpc) is 3.01. The lowest BCUT2D eigenvalue weighted by Gasteiger charge is -2.15. The number of nitrogens with one attached hydrogen (secondary N) is 2. The minimum absolute atomic E-state index is 0.127. The van der Waals surface area contributed by atoms with E-state index in [1.807, 2.05) is 13.8 Å². The SMILES string of the molecule is CC(C)NC(=O)NCc1c2c(cc3c1OCC3)OCC2. The number of hydrogen-bond donors (Lipinski definition) is 2. The summed E-state index contributed by atoms with van der Waals surface area (Å²) < 4.78 is 11.4. The maximum absolute atomic E-state index is 11.7. The fraction of sp³-hybridized carbons (Fsp3) is 0.533. The van der Waals surface area contributed by atoms with E-state index in [0.29, 0.717) is 19.8 Å². The highest BCUT2D eigenvalue weighted by Crippen LogP contribution is 2.40. The van der Waals surface area contributed by atoms with E-state index in [9.17, 15) is 4.79 Å². The number of ether oxygens (including phenoxy) is 2. The van der Waals surface area contributed by atoms with Crippen molar-refractivity contribution in [2.45, 2.75) is 39.3 Å². The van der Waals surface area contributed by atoms with E-state index in [0.717, 1.165) is 29.9 Å². The lowest BCUT2D eigenvalue weighted by Crippen LogP contribution is -2.39. The second-order valence-corrected chi connectivity index (χ2v) is 5.50. The summed E-state index contributed by atoms with van der Waals surface area (Å²) in [6.07, 6.45) is 1.80. The van der Waals surface area contributed by atoms with Gasteiger partial charge in [-0.3, -0.25) is 0 Å². The summed E-state index contributed by atoms with van der Waals surface area (Å²) in [5.74, 6) is 1.90. The largest absolute Gasteiger partial charge is 0.493 e. The zero-order chi connectivity index (χ0) is 14.1. The second-order valence-electron chi connectivity index (χ2n) is 5.50. The average molecular weight is 276 g/mol. The van der Waals surface area contributed by atoms with Crippen LogP contribution in [0.2, 0.25) is 0 Å². The summed E-state index contributed by atoms with van der Waals surface area (Å²) in [6, 6.07) is 2.06. The Morgan fingerprint density at radius 2 is 2.10 bits per heavy atom. The standard InChI is InChI=1S/C15H20N2O3/c1-9(2)17-15(18)16-8-12-11-4-6-19-13(11)7-10-3-5-20-14(10)12/h7,9H,3-6,8H2,1-2H3,(H2,16,17,18). The Balaban J connectivity index is 1.81. The van der Waals surface area contributed by atoms with Gasteiger partial charge in [0.05, 0.1) is 13.2 Å². The Labute approximate surface area is 118 Å². The molecule has 0 atom stereocenters. The van der Waals surface area contributed by atoms with Crippen LogP contribution in [0.4, 0.5) is 4.79 Å². The summed E-state index contributed by atoms with van der Waals surface area (Å²) >= 11 is 0. The first-order valence-electron chi connectivity index (χ1n) is 7.12. The van der Waals surface area contributed by atoms with Crippen molar-refractivity contribution in [3.05, 3.63) is 22.8 Å². The summed E-state index contributed by atoms with van der Waals surface area (Å²) in [5, 5.41) is 5.73. The molecule has 2 aliphatic heterocycles. The number of carbonyl (C=O) groups excluding carboxylic acids is 1. The lowest BCUT2D eigenvalue weighted by atomic mass is 9.99. The van der Waals surface area contributed by atoms with E-state index in [1.165, 1.54) is 11.1 Å². The van der Waals surface area contributed by atoms with Gasteiger partial charge < -0.3 is 20.1 Å². The summed E-state index contributed by atoms with van der Waals surface area (Å²) in [7, 11) is 0. The van der Waals surface area contributed by atoms with Crippen molar-refractivity contribution < 1.29 is 14.3 Å². The molecule has 0 aliphatic carbocycles. The summed E-state index contributed by atoms with van der Waals surface area (Å²) in [5.41, 5.74) is 3.44. The van der Waals surface area contributed by atoms with Crippen molar-refractivity contribution >= 4 is 6.03 Å². The maximum atomic E-state index is 11.7. The first-order valence-corrected chi connectivity index (χ1v) is 7.12. The first-order chi connectivity index (χ1) is 9.65. The molecule has 0 unspecified atom stereocenters. The van der Waals surface area contributed by atoms with Gasteiger partial charge in [-0.2, -0.15) is 0 Å². The van der Waals surface area contributed by atoms with Crippen LogP contribution in [-0.4, -0.2) is 25.3 Å². The van der Waals surface area contributed by atoms with Crippen LogP contribution in [0.15, 0.2) is 6.07 Å². The maximum Gasteiger partial charge on any atom is 0.315 e. The molecule has 5 heteroatoms. The molecule has 3 rings (SSSR count). The third-order valence-electron chi connectivity index (χ3n) is 3.61. The topological polar surface area (TPSA) is 59.6 Å². The van der Waals surface area contributed by atoms with Gasteiger partial charge in [-0.1, -0.05) is 0 Å². The van der Waals surface area contributed by atoms with Crippen LogP contribution < -0.4 is 20.1 Å². The molecule has 5 nitrogen and oxygen atoms in total. The zero-order valence-electron chi connectivity index (χ0n) is 11.9. The van der Waals surface area contributed by atoms with E-state index in [1.54, 1.807) is 0 Å². The van der Waals surface area contributed by atoms with Gasteiger partial charge in [0.25, 0.3) is 0 Å². The van der Waals surface area contributed by atoms with Crippen LogP contribution in [0.1, 0.15) is 30.5 Å². The van der Waals surface area contributed by atoms with E-state index in [-0.39, 0.29) is 12.1 Å². The van der Waals surface area contributed by atoms with Gasteiger partial charge in [-0.25, -0.2) is 4.79 Å². The van der Waals surface area contributed by atoms with Crippen molar-refractivity contribution in [1.82, 2.24) is 10.6 Å². The Hall–Kier alpha value is -1.91. The van der Waals surface area contributed by atoms with Crippen molar-refractivity contribution in [3.8, 4) is 11.5 Å². The van der Waals surface area contributed by atoms with Gasteiger partial charge in [0, 0.05) is 42.1 Å². The highest BCUT2D eigenvalue weighted by Gasteiger charge is 2.26. The molecule has 0 aromatic heterocycles. The number of urea groups is 1. The van der Waals surface area contributed by atoms with Crippen LogP contribution in [0.25, 0.3) is 0 Å². The highest BCUT2D eigenvalue weighted by molar-refractivity contribution is 5.74. The van der Waals surface area contributed by atoms with Crippen molar-refractivity contribution in [1.29, 1.82) is 0 Å². The molecule has 1 aromatic rings. The van der Waals surface area contributed by atoms with Crippen molar-refractivity contribution in [3.63, 3.8) is 0 Å². The highest BCUT2D eigenvalue weighted by atomic mass is 16.5. The molecular formula is C15H20N2O3. The molecule has 0 fully saturated rings. The molecular weight excluding hydrogens is 256 g/mol. The molecule has 108 valence electrons. The van der Waals surface area contributed by atoms with Gasteiger partial charge in [-0.15, -0.1) is 0 Å². The molecule has 20 heavy (non-hydrogen) atoms. The number of carbonyl (C=O) groups is 1. The second kappa shape index (κ2) is 5.23. The Bertz CT molecular complexity index is 508. The van der Waals surface area contributed by atoms with E-state index in [2.05, 4.69) is 16.7 Å². The number of rotatable bonds is 3. The van der Waals surface area contributed by atoms with Gasteiger partial charge >= 0.3 is 6.03 Å². The molecule has 2 heterocycles. The minimum atomic E-state index is -0.150. The Morgan fingerprint density at radius 1 is 1.30 bits per heavy atom. The predicted molar refractivity (Wildman–Crippen MR) is 75.3 cm³/mol. The summed E-state index contributed by atoms with van der Waals surface area (Å²) in [6.45, 7) is 5.78. The number of hydrogen-bond acceptors (Lipinski definition) is 3. The lowest BCUT2D eigenvalue weighted by molar-refractivity contribution is 0.238. The Morgan fingerprint density at radius 3 is 2.90 bits per heavy atom. The molecule has 2 N–H and O–H groups in total. The minimum Gasteiger partial charge on any atom is -0.493 e. The monoisotopic (exact) mass is 276 g/mol. The number of fused-ring (bicyclic) bond motifs is 2. The van der Waals surface area contributed by atoms with Crippen LogP contribution in [0.3, 0.4) is 0 Å². The van der Waals surface area contributed by atoms with Gasteiger partial charge in [0.1, 0.15) is 11.5 Å². The van der Waals surface area contributed by atoms with Crippen LogP contribution in [0, 0.1) is 0 Å². The third kappa shape index (κ3) is 2.40. The fourth-order valence-corrected chi connectivity index (χ4v) is 2.75. The van der Waals surface area contributed by atoms with Crippen LogP contribution in [-0.2, 0) is 19.4 Å². The fourth-order valence-electron chi connectivity index (χ4n) is 2.75. The van der Waals surface area contributed by atoms with Crippen LogP contribution >= 0.6 is 0 Å². The van der Waals surface area contributed by atoms with E-state index < -0.39 is 0 Å². The quantitative estimate of drug-likeness (QED) is 0.884. The zero-order valence-corrected chi connectivity index (χ0v) is 11.9. The molecule has 0 saturated heterocycles. The molecule has 1 aromatic carbocycles.